The zero-order valence-electron chi connectivity index (χ0n) is 38.9. The molecule has 0 spiro atoms. The quantitative estimate of drug-likeness (QED) is 0.100. The van der Waals surface area contributed by atoms with Crippen LogP contribution in [0.1, 0.15) is 101 Å². The molecule has 1 aromatic carbocycles. The lowest BCUT2D eigenvalue weighted by Crippen LogP contribution is -2.58. The van der Waals surface area contributed by atoms with Gasteiger partial charge in [0.2, 0.25) is 0 Å². The van der Waals surface area contributed by atoms with Crippen molar-refractivity contribution in [3.05, 3.63) is 30.5 Å². The molecule has 352 valence electrons. The number of benzene rings is 1. The van der Waals surface area contributed by atoms with E-state index in [-0.39, 0.29) is 18.1 Å². The van der Waals surface area contributed by atoms with E-state index in [4.69, 9.17) is 34.2 Å². The Bertz CT molecular complexity index is 1870. The van der Waals surface area contributed by atoms with E-state index in [1.807, 2.05) is 46.0 Å². The van der Waals surface area contributed by atoms with Gasteiger partial charge < -0.3 is 44.6 Å². The standard InChI is InChI=1S/C45H71N7O11/c1-12-34-38-35(52(43(57)61-38)19-14-13-18-51-24-33(49-50-51)30-16-15-17-31(21-30)48-42(56)63-44(7,8)9)29(6)47-23-25(2)22-45(10,58-11)39(27(4)36(53)28(5)40(55)60-34)62-41-37(54)32(46)20-26(3)59-41/h15-17,21,24-29,32,34-35,37-39,41,47,54H,12-14,18-20,22-23,46H2,1-11H3,(H,48,56)/t25-,26-,27+,28-,29-,32?,34-,35-,37?,38-,39-,41+,45-/m1/s1. The van der Waals surface area contributed by atoms with Gasteiger partial charge in [-0.25, -0.2) is 9.59 Å². The van der Waals surface area contributed by atoms with Gasteiger partial charge in [0.05, 0.1) is 30.0 Å². The minimum atomic E-state index is -1.19. The lowest BCUT2D eigenvalue weighted by molar-refractivity contribution is -0.288. The third-order valence-corrected chi connectivity index (χ3v) is 12.4. The molecular weight excluding hydrogens is 815 g/mol. The Hall–Kier alpha value is -4.20. The summed E-state index contributed by atoms with van der Waals surface area (Å²) in [5.74, 6) is -3.28. The Labute approximate surface area is 371 Å². The van der Waals surface area contributed by atoms with Gasteiger partial charge in [0.25, 0.3) is 0 Å². The molecule has 18 nitrogen and oxygen atoms in total. The summed E-state index contributed by atoms with van der Waals surface area (Å²) < 4.78 is 37.9. The number of carbonyl (C=O) groups excluding carboxylic acids is 4. The Morgan fingerprint density at radius 2 is 1.81 bits per heavy atom. The van der Waals surface area contributed by atoms with Crippen LogP contribution in [0.25, 0.3) is 11.3 Å². The van der Waals surface area contributed by atoms with Crippen LogP contribution >= 0.6 is 0 Å². The van der Waals surface area contributed by atoms with Crippen molar-refractivity contribution in [1.82, 2.24) is 25.2 Å². The van der Waals surface area contributed by atoms with E-state index in [1.165, 1.54) is 6.92 Å². The monoisotopic (exact) mass is 886 g/mol. The van der Waals surface area contributed by atoms with Crippen LogP contribution < -0.4 is 16.4 Å². The van der Waals surface area contributed by atoms with Gasteiger partial charge in [-0.3, -0.25) is 24.5 Å². The SMILES string of the molecule is CC[C@H]1OC(=O)[C@H](C)C(=O)[C@H](C)[C@@H](O[C@@H]2O[C@H](C)CC(N)C2O)[C@](C)(OC)C[C@@H](C)CN[C@H](C)[C@@H]2[C@@H]1OC(=O)N2CCCCn1cc(-c2cccc(NC(=O)OC(C)(C)C)c2)nn1. The molecule has 18 heteroatoms. The molecule has 3 fully saturated rings. The normalized spacial score (nSPS) is 33.7. The van der Waals surface area contributed by atoms with Crippen LogP contribution in [0.5, 0.6) is 0 Å². The summed E-state index contributed by atoms with van der Waals surface area (Å²) in [6, 6.07) is 5.88. The van der Waals surface area contributed by atoms with Crippen molar-refractivity contribution in [2.24, 2.45) is 23.5 Å². The average Bonchev–Trinajstić information content (AvgIpc) is 3.83. The van der Waals surface area contributed by atoms with Gasteiger partial charge in [0.15, 0.2) is 18.2 Å². The van der Waals surface area contributed by atoms with Crippen LogP contribution in [0, 0.1) is 17.8 Å². The number of carbonyl (C=O) groups is 4. The number of nitrogens with one attached hydrogen (secondary N) is 2. The second-order valence-electron chi connectivity index (χ2n) is 18.9. The predicted molar refractivity (Wildman–Crippen MR) is 233 cm³/mol. The van der Waals surface area contributed by atoms with Crippen molar-refractivity contribution in [3.8, 4) is 11.3 Å². The Balaban J connectivity index is 1.29. The summed E-state index contributed by atoms with van der Waals surface area (Å²) in [5, 5.41) is 26.0. The lowest BCUT2D eigenvalue weighted by Gasteiger charge is -2.45. The van der Waals surface area contributed by atoms with Gasteiger partial charge in [-0.05, 0) is 105 Å². The van der Waals surface area contributed by atoms with Crippen molar-refractivity contribution < 1.29 is 52.7 Å². The molecule has 3 saturated heterocycles. The number of aliphatic hydroxyl groups is 1. The number of cyclic esters (lactones) is 1. The molecular formula is C45H71N7O11. The summed E-state index contributed by atoms with van der Waals surface area (Å²) >= 11 is 0. The van der Waals surface area contributed by atoms with E-state index >= 15 is 0 Å². The van der Waals surface area contributed by atoms with Gasteiger partial charge in [-0.2, -0.15) is 0 Å². The number of rotatable bonds is 11. The number of methoxy groups -OCH3 is 1. The third-order valence-electron chi connectivity index (χ3n) is 12.4. The number of fused-ring (bicyclic) bond motifs is 1. The first-order chi connectivity index (χ1) is 29.6. The number of aryl methyl sites for hydroxylation is 1. The van der Waals surface area contributed by atoms with Crippen molar-refractivity contribution in [3.63, 3.8) is 0 Å². The predicted octanol–water partition coefficient (Wildman–Crippen LogP) is 5.06. The van der Waals surface area contributed by atoms with E-state index in [0.717, 1.165) is 5.56 Å². The highest BCUT2D eigenvalue weighted by Crippen LogP contribution is 2.36. The third kappa shape index (κ3) is 12.5. The van der Waals surface area contributed by atoms with Crippen LogP contribution in [0.15, 0.2) is 30.5 Å². The van der Waals surface area contributed by atoms with Crippen molar-refractivity contribution in [2.45, 2.75) is 174 Å². The number of nitrogens with two attached hydrogens (primary N) is 1. The Morgan fingerprint density at radius 3 is 2.49 bits per heavy atom. The number of amides is 2. The molecule has 5 N–H and O–H groups in total. The van der Waals surface area contributed by atoms with Crippen molar-refractivity contribution in [2.75, 3.05) is 25.5 Å². The molecule has 3 aliphatic rings. The van der Waals surface area contributed by atoms with Crippen molar-refractivity contribution >= 4 is 29.6 Å². The molecule has 4 heterocycles. The number of Topliss-reactive ketones (excluding diaryl/α,β-unsaturated/α-hetero) is 1. The number of anilines is 1. The maximum atomic E-state index is 14.2. The lowest BCUT2D eigenvalue weighted by atomic mass is 9.78. The second kappa shape index (κ2) is 21.2. The van der Waals surface area contributed by atoms with E-state index < -0.39 is 89.8 Å². The minimum absolute atomic E-state index is 0.0345. The number of hydrogen-bond donors (Lipinski definition) is 4. The van der Waals surface area contributed by atoms with Crippen LogP contribution in [0.2, 0.25) is 0 Å². The molecule has 13 atom stereocenters. The van der Waals surface area contributed by atoms with E-state index in [0.29, 0.717) is 63.1 Å². The summed E-state index contributed by atoms with van der Waals surface area (Å²) in [7, 11) is 1.55. The topological polar surface area (TPSA) is 228 Å². The summed E-state index contributed by atoms with van der Waals surface area (Å²) in [4.78, 5) is 55.8. The van der Waals surface area contributed by atoms with E-state index in [1.54, 1.807) is 56.5 Å². The maximum absolute atomic E-state index is 14.2. The Morgan fingerprint density at radius 1 is 1.10 bits per heavy atom. The van der Waals surface area contributed by atoms with Gasteiger partial charge in [-0.1, -0.05) is 38.1 Å². The zero-order valence-corrected chi connectivity index (χ0v) is 38.9. The Kier molecular flexibility index (Phi) is 16.8. The molecule has 0 bridgehead atoms. The summed E-state index contributed by atoms with van der Waals surface area (Å²) in [6.45, 7) is 19.6. The number of nitrogens with zero attached hydrogens (tertiary/aromatic N) is 4. The zero-order chi connectivity index (χ0) is 46.4. The number of hydrogen-bond acceptors (Lipinski definition) is 15. The molecule has 0 saturated carbocycles. The fourth-order valence-electron chi connectivity index (χ4n) is 8.94. The van der Waals surface area contributed by atoms with Crippen LogP contribution in [0.4, 0.5) is 15.3 Å². The molecule has 5 rings (SSSR count). The number of ketones is 1. The largest absolute Gasteiger partial charge is 0.458 e. The number of ether oxygens (including phenoxy) is 6. The molecule has 2 amide bonds. The number of aliphatic hydroxyl groups excluding tert-OH is 1. The van der Waals surface area contributed by atoms with Crippen molar-refractivity contribution in [1.29, 1.82) is 0 Å². The summed E-state index contributed by atoms with van der Waals surface area (Å²) in [6.07, 6.45) is -1.84. The van der Waals surface area contributed by atoms with Crippen LogP contribution in [-0.4, -0.2) is 135 Å². The highest BCUT2D eigenvalue weighted by Gasteiger charge is 2.51. The number of esters is 1. The fourth-order valence-corrected chi connectivity index (χ4v) is 8.94. The van der Waals surface area contributed by atoms with Gasteiger partial charge in [-0.15, -0.1) is 5.10 Å². The van der Waals surface area contributed by atoms with Gasteiger partial charge in [0, 0.05) is 49.5 Å². The first-order valence-corrected chi connectivity index (χ1v) is 22.4. The second-order valence-corrected chi connectivity index (χ2v) is 18.9. The van der Waals surface area contributed by atoms with E-state index in [9.17, 15) is 24.3 Å². The molecule has 0 radical (unpaired) electrons. The number of unbranched alkanes of at least 4 members (excludes halogenated alkanes) is 1. The molecule has 3 aliphatic heterocycles. The smallest absolute Gasteiger partial charge is 0.412 e. The average molecular weight is 886 g/mol. The van der Waals surface area contributed by atoms with E-state index in [2.05, 4.69) is 27.9 Å². The maximum Gasteiger partial charge on any atom is 0.412 e. The summed E-state index contributed by atoms with van der Waals surface area (Å²) in [5.41, 5.74) is 6.51. The van der Waals surface area contributed by atoms with Crippen LogP contribution in [-0.2, 0) is 44.6 Å². The first kappa shape index (κ1) is 49.8. The molecule has 0 aliphatic carbocycles. The molecule has 2 aromatic rings. The molecule has 1 aromatic heterocycles. The van der Waals surface area contributed by atoms with Crippen LogP contribution in [0.3, 0.4) is 0 Å². The fraction of sp³-hybridized carbons (Fsp3) is 0.733. The van der Waals surface area contributed by atoms with Gasteiger partial charge in [0.1, 0.15) is 29.4 Å². The molecule has 2 unspecified atom stereocenters. The highest BCUT2D eigenvalue weighted by molar-refractivity contribution is 6.00. The minimum Gasteiger partial charge on any atom is -0.458 e. The van der Waals surface area contributed by atoms with Gasteiger partial charge >= 0.3 is 18.2 Å². The molecule has 63 heavy (non-hydrogen) atoms. The highest BCUT2D eigenvalue weighted by atomic mass is 16.7. The number of aromatic nitrogens is 3. The first-order valence-electron chi connectivity index (χ1n) is 22.4.